The number of amides is 1. The predicted octanol–water partition coefficient (Wildman–Crippen LogP) is 2.78. The molecule has 0 aromatic heterocycles. The number of nitrogens with one attached hydrogen (secondary N) is 1. The number of fused-ring (bicyclic) bond motifs is 3. The van der Waals surface area contributed by atoms with Crippen molar-refractivity contribution in [1.82, 2.24) is 10.2 Å². The number of rotatable bonds is 2. The van der Waals surface area contributed by atoms with Gasteiger partial charge >= 0.3 is 6.09 Å². The van der Waals surface area contributed by atoms with Gasteiger partial charge in [-0.2, -0.15) is 0 Å². The number of piperidine rings is 3. The monoisotopic (exact) mass is 304 g/mol. The Morgan fingerprint density at radius 2 is 1.59 bits per heavy atom. The van der Waals surface area contributed by atoms with Crippen LogP contribution in [0.4, 0.5) is 4.79 Å². The third-order valence-corrected chi connectivity index (χ3v) is 7.26. The highest BCUT2D eigenvalue weighted by Crippen LogP contribution is 2.55. The SMILES string of the molecule is O=C(NC12CC3CC(CC(C3)C1)C2)O[C@@H]1CN2CCC1CC2. The van der Waals surface area contributed by atoms with Gasteiger partial charge in [0.2, 0.25) is 0 Å². The van der Waals surface area contributed by atoms with Crippen molar-refractivity contribution < 1.29 is 9.53 Å². The Labute approximate surface area is 132 Å². The molecule has 0 spiro atoms. The van der Waals surface area contributed by atoms with Crippen molar-refractivity contribution in [2.24, 2.45) is 23.7 Å². The summed E-state index contributed by atoms with van der Waals surface area (Å²) in [6.07, 6.45) is 10.3. The minimum absolute atomic E-state index is 0.0831. The number of carbonyl (C=O) groups excluding carboxylic acids is 1. The lowest BCUT2D eigenvalue weighted by Crippen LogP contribution is -2.61. The summed E-state index contributed by atoms with van der Waals surface area (Å²) in [5.74, 6) is 3.20. The summed E-state index contributed by atoms with van der Waals surface area (Å²) in [5, 5.41) is 3.35. The van der Waals surface area contributed by atoms with Crippen LogP contribution in [0.3, 0.4) is 0 Å². The van der Waals surface area contributed by atoms with Crippen molar-refractivity contribution in [3.8, 4) is 0 Å². The van der Waals surface area contributed by atoms with Gasteiger partial charge in [-0.3, -0.25) is 4.90 Å². The zero-order valence-corrected chi connectivity index (χ0v) is 13.4. The van der Waals surface area contributed by atoms with E-state index in [0.29, 0.717) is 5.92 Å². The molecule has 1 amide bonds. The van der Waals surface area contributed by atoms with Crippen LogP contribution in [0.25, 0.3) is 0 Å². The van der Waals surface area contributed by atoms with E-state index in [1.165, 1.54) is 64.5 Å². The molecule has 3 aliphatic heterocycles. The summed E-state index contributed by atoms with van der Waals surface area (Å²) in [6.45, 7) is 3.35. The van der Waals surface area contributed by atoms with E-state index < -0.39 is 0 Å². The fraction of sp³-hybridized carbons (Fsp3) is 0.944. The van der Waals surface area contributed by atoms with Gasteiger partial charge in [0.15, 0.2) is 0 Å². The maximum atomic E-state index is 12.5. The number of hydrogen-bond donors (Lipinski definition) is 1. The molecule has 4 saturated carbocycles. The molecule has 4 nitrogen and oxygen atoms in total. The Hall–Kier alpha value is -0.770. The fourth-order valence-corrected chi connectivity index (χ4v) is 6.69. The third-order valence-electron chi connectivity index (χ3n) is 7.26. The lowest BCUT2D eigenvalue weighted by molar-refractivity contribution is -0.0493. The Morgan fingerprint density at radius 3 is 2.09 bits per heavy atom. The van der Waals surface area contributed by atoms with Crippen LogP contribution < -0.4 is 5.32 Å². The molecule has 1 atom stereocenters. The summed E-state index contributed by atoms with van der Waals surface area (Å²) in [7, 11) is 0. The van der Waals surface area contributed by atoms with Gasteiger partial charge in [0.05, 0.1) is 0 Å². The molecule has 7 rings (SSSR count). The molecule has 0 radical (unpaired) electrons. The van der Waals surface area contributed by atoms with Gasteiger partial charge in [-0.05, 0) is 88.1 Å². The van der Waals surface area contributed by atoms with Gasteiger partial charge in [-0.1, -0.05) is 0 Å². The van der Waals surface area contributed by atoms with Gasteiger partial charge in [0.25, 0.3) is 0 Å². The highest BCUT2D eigenvalue weighted by Gasteiger charge is 2.52. The smallest absolute Gasteiger partial charge is 0.407 e. The predicted molar refractivity (Wildman–Crippen MR) is 83.5 cm³/mol. The van der Waals surface area contributed by atoms with Crippen molar-refractivity contribution in [2.45, 2.75) is 63.0 Å². The molecule has 7 aliphatic rings. The first kappa shape index (κ1) is 13.6. The highest BCUT2D eigenvalue weighted by atomic mass is 16.6. The summed E-state index contributed by atoms with van der Waals surface area (Å²) in [4.78, 5) is 15.0. The molecular weight excluding hydrogens is 276 g/mol. The van der Waals surface area contributed by atoms with E-state index in [4.69, 9.17) is 4.74 Å². The van der Waals surface area contributed by atoms with Crippen molar-refractivity contribution in [2.75, 3.05) is 19.6 Å². The molecule has 0 aromatic carbocycles. The van der Waals surface area contributed by atoms with Gasteiger partial charge in [0, 0.05) is 12.1 Å². The largest absolute Gasteiger partial charge is 0.445 e. The zero-order valence-electron chi connectivity index (χ0n) is 13.4. The molecule has 6 bridgehead atoms. The maximum absolute atomic E-state index is 12.5. The number of hydrogen-bond acceptors (Lipinski definition) is 3. The number of carbonyl (C=O) groups is 1. The van der Waals surface area contributed by atoms with Crippen molar-refractivity contribution in [3.63, 3.8) is 0 Å². The number of ether oxygens (including phenoxy) is 1. The van der Waals surface area contributed by atoms with Crippen LogP contribution in [0, 0.1) is 23.7 Å². The Kier molecular flexibility index (Phi) is 3.02. The van der Waals surface area contributed by atoms with Crippen LogP contribution in [0.2, 0.25) is 0 Å². The van der Waals surface area contributed by atoms with E-state index in [1.807, 2.05) is 0 Å². The molecule has 7 fully saturated rings. The lowest BCUT2D eigenvalue weighted by Gasteiger charge is -2.56. The second-order valence-corrected chi connectivity index (χ2v) is 8.90. The molecule has 0 unspecified atom stereocenters. The van der Waals surface area contributed by atoms with E-state index in [1.54, 1.807) is 0 Å². The van der Waals surface area contributed by atoms with E-state index in [2.05, 4.69) is 10.2 Å². The first-order valence-electron chi connectivity index (χ1n) is 9.39. The highest BCUT2D eigenvalue weighted by molar-refractivity contribution is 5.68. The topological polar surface area (TPSA) is 41.6 Å². The number of nitrogens with zero attached hydrogens (tertiary/aromatic N) is 1. The molecule has 3 heterocycles. The molecule has 3 saturated heterocycles. The van der Waals surface area contributed by atoms with Gasteiger partial charge in [-0.25, -0.2) is 4.79 Å². The fourth-order valence-electron chi connectivity index (χ4n) is 6.69. The van der Waals surface area contributed by atoms with E-state index in [9.17, 15) is 4.79 Å². The van der Waals surface area contributed by atoms with Crippen LogP contribution >= 0.6 is 0 Å². The lowest BCUT2D eigenvalue weighted by atomic mass is 9.53. The Bertz CT molecular complexity index is 434. The van der Waals surface area contributed by atoms with Crippen LogP contribution in [0.15, 0.2) is 0 Å². The second kappa shape index (κ2) is 4.86. The van der Waals surface area contributed by atoms with Crippen molar-refractivity contribution in [1.29, 1.82) is 0 Å². The second-order valence-electron chi connectivity index (χ2n) is 8.90. The molecule has 4 heteroatoms. The normalized spacial score (nSPS) is 51.8. The Morgan fingerprint density at radius 1 is 1.00 bits per heavy atom. The van der Waals surface area contributed by atoms with Crippen LogP contribution in [0.1, 0.15) is 51.4 Å². The van der Waals surface area contributed by atoms with Gasteiger partial charge < -0.3 is 10.1 Å². The molecule has 4 aliphatic carbocycles. The van der Waals surface area contributed by atoms with Gasteiger partial charge in [0.1, 0.15) is 6.10 Å². The summed E-state index contributed by atoms with van der Waals surface area (Å²) in [6, 6.07) is 0. The third kappa shape index (κ3) is 2.26. The first-order chi connectivity index (χ1) is 10.7. The number of alkyl carbamates (subject to hydrolysis) is 1. The minimum atomic E-state index is -0.124. The minimum Gasteiger partial charge on any atom is -0.445 e. The quantitative estimate of drug-likeness (QED) is 0.853. The molecule has 122 valence electrons. The average molecular weight is 304 g/mol. The Balaban J connectivity index is 1.23. The van der Waals surface area contributed by atoms with E-state index in [0.717, 1.165) is 24.3 Å². The molecule has 0 aromatic rings. The first-order valence-corrected chi connectivity index (χ1v) is 9.39. The zero-order chi connectivity index (χ0) is 14.7. The molecular formula is C18H28N2O2. The van der Waals surface area contributed by atoms with Crippen LogP contribution in [-0.2, 0) is 4.74 Å². The van der Waals surface area contributed by atoms with Crippen molar-refractivity contribution >= 4 is 6.09 Å². The van der Waals surface area contributed by atoms with Crippen LogP contribution in [-0.4, -0.2) is 42.3 Å². The summed E-state index contributed by atoms with van der Waals surface area (Å²) >= 11 is 0. The standard InChI is InChI=1S/C18H28N2O2/c21-17(22-16-11-20-3-1-15(16)2-4-20)19-18-8-12-5-13(9-18)7-14(6-12)10-18/h12-16H,1-11H2,(H,19,21)/t12?,13?,14?,16-,18?/m1/s1. The van der Waals surface area contributed by atoms with Crippen molar-refractivity contribution in [3.05, 3.63) is 0 Å². The summed E-state index contributed by atoms with van der Waals surface area (Å²) < 4.78 is 5.87. The van der Waals surface area contributed by atoms with Crippen LogP contribution in [0.5, 0.6) is 0 Å². The van der Waals surface area contributed by atoms with Gasteiger partial charge in [-0.15, -0.1) is 0 Å². The molecule has 22 heavy (non-hydrogen) atoms. The van der Waals surface area contributed by atoms with E-state index >= 15 is 0 Å². The van der Waals surface area contributed by atoms with E-state index in [-0.39, 0.29) is 17.7 Å². The molecule has 1 N–H and O–H groups in total. The summed E-state index contributed by atoms with van der Waals surface area (Å²) in [5.41, 5.74) is 0.0831. The maximum Gasteiger partial charge on any atom is 0.407 e. The average Bonchev–Trinajstić information content (AvgIpc) is 2.46.